The molecule has 0 saturated carbocycles. The molecular formula is C13H11BrN2O3. The van der Waals surface area contributed by atoms with Gasteiger partial charge in [0.05, 0.1) is 11.1 Å². The molecule has 1 amide bonds. The summed E-state index contributed by atoms with van der Waals surface area (Å²) in [6, 6.07) is 5.37. The van der Waals surface area contributed by atoms with E-state index in [2.05, 4.69) is 15.9 Å². The number of para-hydroxylation sites is 1. The molecule has 2 heterocycles. The van der Waals surface area contributed by atoms with Crippen molar-refractivity contribution in [3.8, 4) is 0 Å². The van der Waals surface area contributed by atoms with Gasteiger partial charge in [-0.25, -0.2) is 4.79 Å². The first-order chi connectivity index (χ1) is 9.02. The summed E-state index contributed by atoms with van der Waals surface area (Å²) >= 11 is 3.43. The first-order valence-electron chi connectivity index (χ1n) is 5.82. The highest BCUT2D eigenvalue weighted by atomic mass is 79.9. The van der Waals surface area contributed by atoms with Crippen molar-refractivity contribution in [3.05, 3.63) is 33.9 Å². The third-order valence-electron chi connectivity index (χ3n) is 3.45. The number of amides is 1. The van der Waals surface area contributed by atoms with Crippen molar-refractivity contribution in [1.29, 1.82) is 0 Å². The van der Waals surface area contributed by atoms with Crippen LogP contribution in [0.2, 0.25) is 0 Å². The van der Waals surface area contributed by atoms with E-state index in [9.17, 15) is 14.7 Å². The summed E-state index contributed by atoms with van der Waals surface area (Å²) in [4.78, 5) is 25.3. The van der Waals surface area contributed by atoms with Gasteiger partial charge in [0.2, 0.25) is 0 Å². The number of benzene rings is 1. The molecule has 0 unspecified atom stereocenters. The number of halogens is 1. The number of aromatic nitrogens is 1. The van der Waals surface area contributed by atoms with E-state index in [0.717, 1.165) is 9.99 Å². The maximum absolute atomic E-state index is 12.2. The van der Waals surface area contributed by atoms with Crippen LogP contribution < -0.4 is 0 Å². The number of carboxylic acid groups (broad SMARTS) is 1. The lowest BCUT2D eigenvalue weighted by molar-refractivity contribution is 0.0671. The molecule has 19 heavy (non-hydrogen) atoms. The van der Waals surface area contributed by atoms with Crippen LogP contribution in [-0.4, -0.2) is 40.0 Å². The second-order valence-electron chi connectivity index (χ2n) is 4.54. The summed E-state index contributed by atoms with van der Waals surface area (Å²) in [7, 11) is 1.68. The lowest BCUT2D eigenvalue weighted by Crippen LogP contribution is -2.37. The number of carboxylic acids is 1. The van der Waals surface area contributed by atoms with Gasteiger partial charge in [0.15, 0.2) is 0 Å². The molecule has 0 bridgehead atoms. The standard InChI is InChI=1S/C13H11BrN2O3/c1-15-5-6-16-10-7(3-2-4-8(10)14)9(13(18)19)11(16)12(15)17/h2-4H,5-6H2,1H3,(H,18,19). The molecule has 2 aromatic rings. The fourth-order valence-corrected chi connectivity index (χ4v) is 3.14. The van der Waals surface area contributed by atoms with Crippen LogP contribution >= 0.6 is 15.9 Å². The highest BCUT2D eigenvalue weighted by molar-refractivity contribution is 9.10. The number of likely N-dealkylation sites (N-methyl/N-ethyl adjacent to an activating group) is 1. The molecule has 6 heteroatoms. The highest BCUT2D eigenvalue weighted by Crippen LogP contribution is 2.33. The highest BCUT2D eigenvalue weighted by Gasteiger charge is 2.32. The van der Waals surface area contributed by atoms with Crippen LogP contribution in [0.3, 0.4) is 0 Å². The van der Waals surface area contributed by atoms with Gasteiger partial charge >= 0.3 is 5.97 Å². The number of hydrogen-bond acceptors (Lipinski definition) is 2. The Balaban J connectivity index is 2.48. The second-order valence-corrected chi connectivity index (χ2v) is 5.40. The van der Waals surface area contributed by atoms with E-state index in [-0.39, 0.29) is 17.2 Å². The lowest BCUT2D eigenvalue weighted by Gasteiger charge is -2.25. The van der Waals surface area contributed by atoms with Crippen LogP contribution in [0.5, 0.6) is 0 Å². The molecule has 0 saturated heterocycles. The Morgan fingerprint density at radius 2 is 2.11 bits per heavy atom. The Hall–Kier alpha value is -1.82. The van der Waals surface area contributed by atoms with Gasteiger partial charge in [-0.2, -0.15) is 0 Å². The summed E-state index contributed by atoms with van der Waals surface area (Å²) < 4.78 is 2.60. The number of carbonyl (C=O) groups excluding carboxylic acids is 1. The SMILES string of the molecule is CN1CCn2c(c(C(=O)O)c3cccc(Br)c32)C1=O. The molecule has 1 aliphatic rings. The third kappa shape index (κ3) is 1.59. The van der Waals surface area contributed by atoms with Gasteiger partial charge in [0.1, 0.15) is 5.69 Å². The van der Waals surface area contributed by atoms with Crippen molar-refractivity contribution < 1.29 is 14.7 Å². The average Bonchev–Trinajstić information content (AvgIpc) is 2.70. The number of nitrogens with zero attached hydrogens (tertiary/aromatic N) is 2. The second kappa shape index (κ2) is 4.09. The van der Waals surface area contributed by atoms with Crippen LogP contribution in [0.1, 0.15) is 20.8 Å². The van der Waals surface area contributed by atoms with E-state index in [1.54, 1.807) is 28.6 Å². The zero-order valence-electron chi connectivity index (χ0n) is 10.2. The minimum absolute atomic E-state index is 0.0906. The topological polar surface area (TPSA) is 62.5 Å². The molecule has 5 nitrogen and oxygen atoms in total. The van der Waals surface area contributed by atoms with Gasteiger partial charge in [-0.3, -0.25) is 4.79 Å². The van der Waals surface area contributed by atoms with E-state index < -0.39 is 5.97 Å². The minimum Gasteiger partial charge on any atom is -0.478 e. The summed E-state index contributed by atoms with van der Waals surface area (Å²) in [5.41, 5.74) is 1.13. The van der Waals surface area contributed by atoms with Crippen molar-refractivity contribution >= 4 is 38.7 Å². The summed E-state index contributed by atoms with van der Waals surface area (Å²) in [5.74, 6) is -1.31. The zero-order valence-corrected chi connectivity index (χ0v) is 11.8. The van der Waals surface area contributed by atoms with Gasteiger partial charge < -0.3 is 14.6 Å². The molecule has 0 spiro atoms. The summed E-state index contributed by atoms with van der Waals surface area (Å²) in [6.07, 6.45) is 0. The fraction of sp³-hybridized carbons (Fsp3) is 0.231. The molecule has 1 aromatic heterocycles. The molecule has 1 aromatic carbocycles. The van der Waals surface area contributed by atoms with Gasteiger partial charge in [-0.05, 0) is 22.0 Å². The quantitative estimate of drug-likeness (QED) is 0.875. The zero-order chi connectivity index (χ0) is 13.7. The van der Waals surface area contributed by atoms with Gasteiger partial charge in [-0.15, -0.1) is 0 Å². The maximum Gasteiger partial charge on any atom is 0.338 e. The van der Waals surface area contributed by atoms with Crippen LogP contribution in [-0.2, 0) is 6.54 Å². The predicted octanol–water partition coefficient (Wildman–Crippen LogP) is 2.19. The predicted molar refractivity (Wildman–Crippen MR) is 73.6 cm³/mol. The molecule has 3 rings (SSSR count). The first-order valence-corrected chi connectivity index (χ1v) is 6.61. The van der Waals surface area contributed by atoms with Gasteiger partial charge in [0.25, 0.3) is 5.91 Å². The molecule has 0 fully saturated rings. The Bertz CT molecular complexity index is 720. The smallest absolute Gasteiger partial charge is 0.338 e. The van der Waals surface area contributed by atoms with Crippen LogP contribution in [0.25, 0.3) is 10.9 Å². The van der Waals surface area contributed by atoms with E-state index >= 15 is 0 Å². The lowest BCUT2D eigenvalue weighted by atomic mass is 10.1. The molecule has 0 atom stereocenters. The van der Waals surface area contributed by atoms with E-state index in [1.165, 1.54) is 0 Å². The van der Waals surface area contributed by atoms with Gasteiger partial charge in [0, 0.05) is 30.0 Å². The van der Waals surface area contributed by atoms with Crippen molar-refractivity contribution in [2.24, 2.45) is 0 Å². The van der Waals surface area contributed by atoms with E-state index in [1.807, 2.05) is 6.07 Å². The Morgan fingerprint density at radius 1 is 1.37 bits per heavy atom. The Morgan fingerprint density at radius 3 is 2.79 bits per heavy atom. The monoisotopic (exact) mass is 322 g/mol. The number of hydrogen-bond donors (Lipinski definition) is 1. The number of rotatable bonds is 1. The molecule has 0 radical (unpaired) electrons. The van der Waals surface area contributed by atoms with Crippen molar-refractivity contribution in [1.82, 2.24) is 9.47 Å². The molecule has 1 aliphatic heterocycles. The minimum atomic E-state index is -1.07. The Kier molecular flexibility index (Phi) is 2.63. The molecule has 98 valence electrons. The summed E-state index contributed by atoms with van der Waals surface area (Å²) in [5, 5.41) is 10.0. The van der Waals surface area contributed by atoms with Crippen LogP contribution in [0, 0.1) is 0 Å². The van der Waals surface area contributed by atoms with E-state index in [0.29, 0.717) is 18.5 Å². The van der Waals surface area contributed by atoms with Crippen molar-refractivity contribution in [2.75, 3.05) is 13.6 Å². The van der Waals surface area contributed by atoms with E-state index in [4.69, 9.17) is 0 Å². The van der Waals surface area contributed by atoms with Crippen molar-refractivity contribution in [3.63, 3.8) is 0 Å². The largest absolute Gasteiger partial charge is 0.478 e. The maximum atomic E-state index is 12.2. The molecule has 1 N–H and O–H groups in total. The number of carbonyl (C=O) groups is 2. The average molecular weight is 323 g/mol. The molecule has 0 aliphatic carbocycles. The van der Waals surface area contributed by atoms with Crippen LogP contribution in [0.4, 0.5) is 0 Å². The Labute approximate surface area is 117 Å². The number of aromatic carboxylic acids is 1. The molecular weight excluding hydrogens is 312 g/mol. The number of fused-ring (bicyclic) bond motifs is 3. The third-order valence-corrected chi connectivity index (χ3v) is 4.09. The fourth-order valence-electron chi connectivity index (χ4n) is 2.56. The summed E-state index contributed by atoms with van der Waals surface area (Å²) in [6.45, 7) is 1.18. The van der Waals surface area contributed by atoms with Crippen molar-refractivity contribution in [2.45, 2.75) is 6.54 Å². The normalized spacial score (nSPS) is 14.8. The van der Waals surface area contributed by atoms with Crippen LogP contribution in [0.15, 0.2) is 22.7 Å². The van der Waals surface area contributed by atoms with Gasteiger partial charge in [-0.1, -0.05) is 12.1 Å². The first kappa shape index (κ1) is 12.2.